The Morgan fingerprint density at radius 1 is 1.35 bits per heavy atom. The Hall–Kier alpha value is -1.62. The van der Waals surface area contributed by atoms with Crippen molar-refractivity contribution in [2.75, 3.05) is 6.61 Å². The minimum atomic E-state index is -0.393. The number of nitrogens with one attached hydrogen (secondary N) is 1. The van der Waals surface area contributed by atoms with Crippen molar-refractivity contribution in [2.24, 2.45) is 5.92 Å². The fraction of sp³-hybridized carbons (Fsp3) is 0.600. The zero-order valence-electron chi connectivity index (χ0n) is 12.9. The molecule has 1 aromatic rings. The van der Waals surface area contributed by atoms with Crippen LogP contribution in [0.15, 0.2) is 18.2 Å². The third-order valence-electron chi connectivity index (χ3n) is 2.62. The quantitative estimate of drug-likeness (QED) is 0.639. The molecular weight excluding hydrogens is 256 g/mol. The normalized spacial score (nSPS) is 11.7. The Kier molecular flexibility index (Phi) is 5.51. The number of nitro benzene ring substituents is 1. The summed E-state index contributed by atoms with van der Waals surface area (Å²) in [6, 6.07) is 5.12. The zero-order chi connectivity index (χ0) is 15.3. The lowest BCUT2D eigenvalue weighted by Crippen LogP contribution is -2.35. The number of ether oxygens (including phenoxy) is 1. The number of benzene rings is 1. The van der Waals surface area contributed by atoms with Crippen LogP contribution in [0.1, 0.15) is 40.2 Å². The van der Waals surface area contributed by atoms with Crippen LogP contribution in [0.5, 0.6) is 5.75 Å². The Balaban J connectivity index is 2.86. The first-order chi connectivity index (χ1) is 9.19. The van der Waals surface area contributed by atoms with E-state index in [2.05, 4.69) is 26.1 Å². The van der Waals surface area contributed by atoms with Gasteiger partial charge in [0.05, 0.1) is 11.5 Å². The molecule has 0 radical (unpaired) electrons. The molecule has 0 heterocycles. The van der Waals surface area contributed by atoms with E-state index in [1.165, 1.54) is 0 Å². The van der Waals surface area contributed by atoms with Crippen LogP contribution < -0.4 is 10.1 Å². The molecule has 0 spiro atoms. The highest BCUT2D eigenvalue weighted by atomic mass is 16.6. The molecule has 0 aliphatic heterocycles. The van der Waals surface area contributed by atoms with E-state index in [1.807, 2.05) is 19.9 Å². The van der Waals surface area contributed by atoms with E-state index in [1.54, 1.807) is 12.1 Å². The summed E-state index contributed by atoms with van der Waals surface area (Å²) in [7, 11) is 0. The van der Waals surface area contributed by atoms with Gasteiger partial charge in [-0.25, -0.2) is 0 Å². The summed E-state index contributed by atoms with van der Waals surface area (Å²) >= 11 is 0. The van der Waals surface area contributed by atoms with E-state index in [0.29, 0.717) is 24.8 Å². The van der Waals surface area contributed by atoms with Crippen LogP contribution in [0.2, 0.25) is 0 Å². The Morgan fingerprint density at radius 2 is 2.00 bits per heavy atom. The molecule has 5 heteroatoms. The van der Waals surface area contributed by atoms with Gasteiger partial charge in [-0.15, -0.1) is 0 Å². The molecule has 0 aliphatic rings. The number of nitrogens with zero attached hydrogens (tertiary/aromatic N) is 1. The van der Waals surface area contributed by atoms with Crippen molar-refractivity contribution < 1.29 is 9.66 Å². The fourth-order valence-electron chi connectivity index (χ4n) is 1.56. The third kappa shape index (κ3) is 5.57. The molecule has 0 amide bonds. The monoisotopic (exact) mass is 280 g/mol. The number of hydrogen-bond donors (Lipinski definition) is 1. The molecule has 1 rings (SSSR count). The largest absolute Gasteiger partial charge is 0.487 e. The van der Waals surface area contributed by atoms with Gasteiger partial charge in [0.25, 0.3) is 0 Å². The van der Waals surface area contributed by atoms with Crippen molar-refractivity contribution in [3.05, 3.63) is 33.9 Å². The summed E-state index contributed by atoms with van der Waals surface area (Å²) in [6.45, 7) is 11.3. The first-order valence-corrected chi connectivity index (χ1v) is 6.84. The van der Waals surface area contributed by atoms with Crippen LogP contribution in [0.4, 0.5) is 5.69 Å². The maximum atomic E-state index is 11.1. The van der Waals surface area contributed by atoms with E-state index in [9.17, 15) is 10.1 Å². The predicted molar refractivity (Wildman–Crippen MR) is 80.0 cm³/mol. The first-order valence-electron chi connectivity index (χ1n) is 6.84. The maximum absolute atomic E-state index is 11.1. The van der Waals surface area contributed by atoms with Crippen molar-refractivity contribution in [1.82, 2.24) is 5.32 Å². The maximum Gasteiger partial charge on any atom is 0.311 e. The van der Waals surface area contributed by atoms with Gasteiger partial charge < -0.3 is 10.1 Å². The Bertz CT molecular complexity index is 465. The van der Waals surface area contributed by atoms with Crippen LogP contribution in [0, 0.1) is 16.0 Å². The molecule has 0 aliphatic carbocycles. The highest BCUT2D eigenvalue weighted by Gasteiger charge is 2.17. The van der Waals surface area contributed by atoms with E-state index in [4.69, 9.17) is 4.74 Å². The lowest BCUT2D eigenvalue weighted by Gasteiger charge is -2.20. The molecule has 0 saturated carbocycles. The van der Waals surface area contributed by atoms with Gasteiger partial charge in [0.1, 0.15) is 0 Å². The molecule has 1 aromatic carbocycles. The summed E-state index contributed by atoms with van der Waals surface area (Å²) in [4.78, 5) is 10.7. The Morgan fingerprint density at radius 3 is 2.50 bits per heavy atom. The standard InChI is InChI=1S/C15H24N2O3/c1-11(2)10-20-14-7-6-12(8-13(14)17(18)19)9-16-15(3,4)5/h6-8,11,16H,9-10H2,1-5H3. The zero-order valence-corrected chi connectivity index (χ0v) is 12.9. The van der Waals surface area contributed by atoms with Crippen molar-refractivity contribution in [3.63, 3.8) is 0 Å². The fourth-order valence-corrected chi connectivity index (χ4v) is 1.56. The van der Waals surface area contributed by atoms with Crippen molar-refractivity contribution >= 4 is 5.69 Å². The molecule has 0 aromatic heterocycles. The van der Waals surface area contributed by atoms with E-state index in [0.717, 1.165) is 5.56 Å². The molecular formula is C15H24N2O3. The van der Waals surface area contributed by atoms with Crippen LogP contribution in [0.3, 0.4) is 0 Å². The van der Waals surface area contributed by atoms with Crippen molar-refractivity contribution in [3.8, 4) is 5.75 Å². The molecule has 0 unspecified atom stereocenters. The van der Waals surface area contributed by atoms with Crippen LogP contribution in [-0.4, -0.2) is 17.1 Å². The summed E-state index contributed by atoms with van der Waals surface area (Å²) < 4.78 is 5.50. The second-order valence-electron chi connectivity index (χ2n) is 6.37. The van der Waals surface area contributed by atoms with Gasteiger partial charge in [-0.3, -0.25) is 10.1 Å². The van der Waals surface area contributed by atoms with E-state index < -0.39 is 4.92 Å². The second-order valence-corrected chi connectivity index (χ2v) is 6.37. The van der Waals surface area contributed by atoms with Gasteiger partial charge in [0, 0.05) is 18.2 Å². The van der Waals surface area contributed by atoms with Crippen molar-refractivity contribution in [1.29, 1.82) is 0 Å². The molecule has 20 heavy (non-hydrogen) atoms. The molecule has 0 bridgehead atoms. The molecule has 0 fully saturated rings. The number of rotatable bonds is 6. The predicted octanol–water partition coefficient (Wildman–Crippen LogP) is 3.52. The first kappa shape index (κ1) is 16.4. The topological polar surface area (TPSA) is 64.4 Å². The van der Waals surface area contributed by atoms with Crippen LogP contribution >= 0.6 is 0 Å². The van der Waals surface area contributed by atoms with Gasteiger partial charge in [-0.2, -0.15) is 0 Å². The van der Waals surface area contributed by atoms with Gasteiger partial charge in [0.2, 0.25) is 0 Å². The molecule has 0 saturated heterocycles. The van der Waals surface area contributed by atoms with Gasteiger partial charge in [0.15, 0.2) is 5.75 Å². The SMILES string of the molecule is CC(C)COc1ccc(CNC(C)(C)C)cc1[N+](=O)[O-]. The molecule has 0 atom stereocenters. The average Bonchev–Trinajstić information content (AvgIpc) is 2.33. The minimum Gasteiger partial charge on any atom is -0.487 e. The van der Waals surface area contributed by atoms with Gasteiger partial charge in [-0.1, -0.05) is 19.9 Å². The number of hydrogen-bond acceptors (Lipinski definition) is 4. The molecule has 1 N–H and O–H groups in total. The second kappa shape index (κ2) is 6.70. The van der Waals surface area contributed by atoms with Crippen LogP contribution in [0.25, 0.3) is 0 Å². The van der Waals surface area contributed by atoms with Crippen LogP contribution in [-0.2, 0) is 6.54 Å². The molecule has 5 nitrogen and oxygen atoms in total. The average molecular weight is 280 g/mol. The lowest BCUT2D eigenvalue weighted by molar-refractivity contribution is -0.386. The Labute approximate surface area is 120 Å². The molecule has 112 valence electrons. The summed E-state index contributed by atoms with van der Waals surface area (Å²) in [5, 5.41) is 14.4. The minimum absolute atomic E-state index is 0.0262. The summed E-state index contributed by atoms with van der Waals surface area (Å²) in [5.41, 5.74) is 0.879. The van der Waals surface area contributed by atoms with Gasteiger partial charge >= 0.3 is 5.69 Å². The highest BCUT2D eigenvalue weighted by molar-refractivity contribution is 5.48. The summed E-state index contributed by atoms with van der Waals surface area (Å²) in [5.74, 6) is 0.667. The smallest absolute Gasteiger partial charge is 0.311 e. The highest BCUT2D eigenvalue weighted by Crippen LogP contribution is 2.28. The van der Waals surface area contributed by atoms with Crippen molar-refractivity contribution in [2.45, 2.75) is 46.7 Å². The van der Waals surface area contributed by atoms with E-state index in [-0.39, 0.29) is 11.2 Å². The van der Waals surface area contributed by atoms with Gasteiger partial charge in [-0.05, 0) is 38.3 Å². The van der Waals surface area contributed by atoms with E-state index >= 15 is 0 Å². The lowest BCUT2D eigenvalue weighted by atomic mass is 10.1. The third-order valence-corrected chi connectivity index (χ3v) is 2.62. The summed E-state index contributed by atoms with van der Waals surface area (Å²) in [6.07, 6.45) is 0. The number of nitro groups is 1.